The molecule has 134 valence electrons. The molecule has 0 aliphatic carbocycles. The standard InChI is InChI=1S/C20H20N2O3S/c1-13-17(19(23)25-12-14-6-4-3-5-7-14)18(22-20(26)21-13)15-8-10-16(24-2)11-9-15/h3-11,18H,12H2,1-2H3,(H2,21,22,26). The average molecular weight is 368 g/mol. The summed E-state index contributed by atoms with van der Waals surface area (Å²) in [6.07, 6.45) is 0. The molecule has 1 heterocycles. The van der Waals surface area contributed by atoms with E-state index in [2.05, 4.69) is 10.6 Å². The van der Waals surface area contributed by atoms with Crippen LogP contribution in [0.15, 0.2) is 65.9 Å². The average Bonchev–Trinajstić information content (AvgIpc) is 2.66. The molecule has 3 rings (SSSR count). The number of hydrogen-bond donors (Lipinski definition) is 2. The third-order valence-electron chi connectivity index (χ3n) is 4.15. The van der Waals surface area contributed by atoms with E-state index in [0.717, 1.165) is 16.9 Å². The van der Waals surface area contributed by atoms with Crippen molar-refractivity contribution in [2.24, 2.45) is 0 Å². The molecule has 26 heavy (non-hydrogen) atoms. The Labute approximate surface area is 158 Å². The lowest BCUT2D eigenvalue weighted by molar-refractivity contribution is -0.140. The quantitative estimate of drug-likeness (QED) is 0.624. The van der Waals surface area contributed by atoms with Crippen LogP contribution in [0.5, 0.6) is 5.75 Å². The Morgan fingerprint density at radius 1 is 1.12 bits per heavy atom. The molecule has 1 atom stereocenters. The van der Waals surface area contributed by atoms with Gasteiger partial charge < -0.3 is 20.1 Å². The number of nitrogens with one attached hydrogen (secondary N) is 2. The van der Waals surface area contributed by atoms with Crippen LogP contribution in [-0.4, -0.2) is 18.2 Å². The molecule has 1 unspecified atom stereocenters. The van der Waals surface area contributed by atoms with Crippen molar-refractivity contribution in [3.8, 4) is 5.75 Å². The molecule has 0 spiro atoms. The maximum Gasteiger partial charge on any atom is 0.338 e. The van der Waals surface area contributed by atoms with Crippen molar-refractivity contribution in [2.45, 2.75) is 19.6 Å². The predicted molar refractivity (Wildman–Crippen MR) is 104 cm³/mol. The molecule has 0 amide bonds. The normalized spacial score (nSPS) is 16.5. The van der Waals surface area contributed by atoms with Crippen molar-refractivity contribution in [1.29, 1.82) is 0 Å². The maximum absolute atomic E-state index is 12.8. The number of allylic oxidation sites excluding steroid dienone is 1. The van der Waals surface area contributed by atoms with Gasteiger partial charge in [0.2, 0.25) is 0 Å². The van der Waals surface area contributed by atoms with Gasteiger partial charge in [-0.25, -0.2) is 4.79 Å². The Kier molecular flexibility index (Phi) is 5.53. The first kappa shape index (κ1) is 17.9. The van der Waals surface area contributed by atoms with Crippen molar-refractivity contribution >= 4 is 23.3 Å². The zero-order valence-corrected chi connectivity index (χ0v) is 15.4. The summed E-state index contributed by atoms with van der Waals surface area (Å²) >= 11 is 5.26. The molecule has 1 aliphatic heterocycles. The van der Waals surface area contributed by atoms with Gasteiger partial charge in [-0.05, 0) is 42.4 Å². The van der Waals surface area contributed by atoms with E-state index in [4.69, 9.17) is 21.7 Å². The summed E-state index contributed by atoms with van der Waals surface area (Å²) in [5.74, 6) is 0.369. The summed E-state index contributed by atoms with van der Waals surface area (Å²) < 4.78 is 10.7. The molecule has 2 aromatic carbocycles. The van der Waals surface area contributed by atoms with E-state index < -0.39 is 0 Å². The lowest BCUT2D eigenvalue weighted by Crippen LogP contribution is -2.45. The van der Waals surface area contributed by atoms with Gasteiger partial charge in [-0.1, -0.05) is 42.5 Å². The SMILES string of the molecule is COc1ccc(C2NC(=S)NC(C)=C2C(=O)OCc2ccccc2)cc1. The number of hydrogen-bond acceptors (Lipinski definition) is 4. The lowest BCUT2D eigenvalue weighted by atomic mass is 9.95. The second kappa shape index (κ2) is 8.01. The smallest absolute Gasteiger partial charge is 0.338 e. The molecule has 0 saturated heterocycles. The third-order valence-corrected chi connectivity index (χ3v) is 4.37. The minimum absolute atomic E-state index is 0.218. The number of esters is 1. The van der Waals surface area contributed by atoms with Gasteiger partial charge in [0.05, 0.1) is 18.7 Å². The summed E-state index contributed by atoms with van der Waals surface area (Å²) in [5, 5.41) is 6.63. The van der Waals surface area contributed by atoms with Gasteiger partial charge in [-0.15, -0.1) is 0 Å². The molecular formula is C20H20N2O3S. The number of ether oxygens (including phenoxy) is 2. The molecule has 2 aromatic rings. The molecule has 0 aromatic heterocycles. The Hall–Kier alpha value is -2.86. The lowest BCUT2D eigenvalue weighted by Gasteiger charge is -2.30. The van der Waals surface area contributed by atoms with Gasteiger partial charge in [0, 0.05) is 5.70 Å². The molecule has 6 heteroatoms. The van der Waals surface area contributed by atoms with E-state index in [-0.39, 0.29) is 18.6 Å². The van der Waals surface area contributed by atoms with Gasteiger partial charge in [0.1, 0.15) is 12.4 Å². The fraction of sp³-hybridized carbons (Fsp3) is 0.200. The summed E-state index contributed by atoms with van der Waals surface area (Å²) in [4.78, 5) is 12.8. The highest BCUT2D eigenvalue weighted by atomic mass is 32.1. The fourth-order valence-electron chi connectivity index (χ4n) is 2.81. The zero-order valence-electron chi connectivity index (χ0n) is 14.6. The highest BCUT2D eigenvalue weighted by Gasteiger charge is 2.31. The Balaban J connectivity index is 1.83. The van der Waals surface area contributed by atoms with Crippen LogP contribution in [-0.2, 0) is 16.1 Å². The number of carbonyl (C=O) groups excluding carboxylic acids is 1. The van der Waals surface area contributed by atoms with E-state index in [0.29, 0.717) is 16.4 Å². The van der Waals surface area contributed by atoms with Gasteiger partial charge >= 0.3 is 5.97 Å². The molecule has 2 N–H and O–H groups in total. The van der Waals surface area contributed by atoms with Crippen LogP contribution in [0.2, 0.25) is 0 Å². The summed E-state index contributed by atoms with van der Waals surface area (Å²) in [7, 11) is 1.61. The van der Waals surface area contributed by atoms with E-state index in [1.807, 2.05) is 61.5 Å². The zero-order chi connectivity index (χ0) is 18.5. The Bertz CT molecular complexity index is 832. The Morgan fingerprint density at radius 2 is 1.81 bits per heavy atom. The largest absolute Gasteiger partial charge is 0.497 e. The van der Waals surface area contributed by atoms with Gasteiger partial charge in [0.15, 0.2) is 5.11 Å². The van der Waals surface area contributed by atoms with E-state index in [1.54, 1.807) is 7.11 Å². The minimum Gasteiger partial charge on any atom is -0.497 e. The number of thiocarbonyl (C=S) groups is 1. The topological polar surface area (TPSA) is 59.6 Å². The number of benzene rings is 2. The van der Waals surface area contributed by atoms with Crippen molar-refractivity contribution in [3.05, 3.63) is 77.0 Å². The van der Waals surface area contributed by atoms with Crippen LogP contribution in [0.25, 0.3) is 0 Å². The predicted octanol–water partition coefficient (Wildman–Crippen LogP) is 3.23. The van der Waals surface area contributed by atoms with Crippen LogP contribution in [0, 0.1) is 0 Å². The molecule has 1 aliphatic rings. The van der Waals surface area contributed by atoms with E-state index in [1.165, 1.54) is 0 Å². The van der Waals surface area contributed by atoms with Crippen LogP contribution >= 0.6 is 12.2 Å². The highest BCUT2D eigenvalue weighted by molar-refractivity contribution is 7.80. The van der Waals surface area contributed by atoms with Crippen LogP contribution in [0.1, 0.15) is 24.1 Å². The third kappa shape index (κ3) is 4.03. The molecule has 0 radical (unpaired) electrons. The number of carbonyl (C=O) groups is 1. The summed E-state index contributed by atoms with van der Waals surface area (Å²) in [5.41, 5.74) is 3.04. The van der Waals surface area contributed by atoms with Crippen LogP contribution in [0.3, 0.4) is 0 Å². The van der Waals surface area contributed by atoms with Crippen molar-refractivity contribution in [1.82, 2.24) is 10.6 Å². The van der Waals surface area contributed by atoms with Crippen LogP contribution < -0.4 is 15.4 Å². The first-order valence-electron chi connectivity index (χ1n) is 8.22. The van der Waals surface area contributed by atoms with Crippen molar-refractivity contribution in [3.63, 3.8) is 0 Å². The molecule has 0 fully saturated rings. The Morgan fingerprint density at radius 3 is 2.46 bits per heavy atom. The molecule has 0 saturated carbocycles. The summed E-state index contributed by atoms with van der Waals surface area (Å²) in [6.45, 7) is 2.04. The number of methoxy groups -OCH3 is 1. The fourth-order valence-corrected chi connectivity index (χ4v) is 3.08. The van der Waals surface area contributed by atoms with Crippen molar-refractivity contribution < 1.29 is 14.3 Å². The first-order chi connectivity index (χ1) is 12.6. The molecule has 5 nitrogen and oxygen atoms in total. The minimum atomic E-state index is -0.380. The molecule has 0 bridgehead atoms. The van der Waals surface area contributed by atoms with E-state index >= 15 is 0 Å². The monoisotopic (exact) mass is 368 g/mol. The van der Waals surface area contributed by atoms with Gasteiger partial charge in [-0.2, -0.15) is 0 Å². The summed E-state index contributed by atoms with van der Waals surface area (Å²) in [6, 6.07) is 16.7. The van der Waals surface area contributed by atoms with Crippen LogP contribution in [0.4, 0.5) is 0 Å². The van der Waals surface area contributed by atoms with Gasteiger partial charge in [0.25, 0.3) is 0 Å². The first-order valence-corrected chi connectivity index (χ1v) is 8.62. The second-order valence-electron chi connectivity index (χ2n) is 5.91. The van der Waals surface area contributed by atoms with E-state index in [9.17, 15) is 4.79 Å². The number of rotatable bonds is 5. The van der Waals surface area contributed by atoms with Gasteiger partial charge in [-0.3, -0.25) is 0 Å². The molecular weight excluding hydrogens is 348 g/mol. The highest BCUT2D eigenvalue weighted by Crippen LogP contribution is 2.29. The maximum atomic E-state index is 12.8. The van der Waals surface area contributed by atoms with Crippen molar-refractivity contribution in [2.75, 3.05) is 7.11 Å². The second-order valence-corrected chi connectivity index (χ2v) is 6.31.